The topological polar surface area (TPSA) is 129 Å². The molecule has 4 amide bonds. The second-order valence-corrected chi connectivity index (χ2v) is 15.2. The monoisotopic (exact) mass is 741 g/mol. The van der Waals surface area contributed by atoms with Gasteiger partial charge in [0.15, 0.2) is 0 Å². The summed E-state index contributed by atoms with van der Waals surface area (Å²) in [6, 6.07) is 1.51. The van der Waals surface area contributed by atoms with Crippen LogP contribution in [0.3, 0.4) is 0 Å². The van der Waals surface area contributed by atoms with Crippen molar-refractivity contribution in [1.82, 2.24) is 25.8 Å². The highest BCUT2D eigenvalue weighted by atomic mass is 32.2. The number of hydrogen-bond acceptors (Lipinski definition) is 8. The predicted octanol–water partition coefficient (Wildman–Crippen LogP) is 3.84. The van der Waals surface area contributed by atoms with Crippen LogP contribution < -0.4 is 16.0 Å². The molecule has 1 aromatic carbocycles. The Hall–Kier alpha value is -2.81. The lowest BCUT2D eigenvalue weighted by Crippen LogP contribution is -2.59. The van der Waals surface area contributed by atoms with Gasteiger partial charge in [0, 0.05) is 39.1 Å². The molecule has 2 rings (SSSR count). The van der Waals surface area contributed by atoms with E-state index in [4.69, 9.17) is 9.47 Å². The van der Waals surface area contributed by atoms with Gasteiger partial charge in [-0.2, -0.15) is 0 Å². The van der Waals surface area contributed by atoms with E-state index in [-0.39, 0.29) is 66.3 Å². The molecule has 0 radical (unpaired) electrons. The molecule has 0 bridgehead atoms. The van der Waals surface area contributed by atoms with E-state index in [0.29, 0.717) is 18.1 Å². The molecule has 1 saturated heterocycles. The van der Waals surface area contributed by atoms with Crippen LogP contribution in [0, 0.1) is 35.3 Å². The van der Waals surface area contributed by atoms with Gasteiger partial charge in [-0.05, 0) is 43.4 Å². The van der Waals surface area contributed by atoms with Gasteiger partial charge in [0.05, 0.1) is 48.5 Å². The van der Waals surface area contributed by atoms with Crippen molar-refractivity contribution in [2.75, 3.05) is 46.5 Å². The molecule has 0 unspecified atom stereocenters. The molecule has 0 aromatic heterocycles. The van der Waals surface area contributed by atoms with Crippen LogP contribution in [-0.2, 0) is 35.1 Å². The van der Waals surface area contributed by atoms with Gasteiger partial charge in [0.1, 0.15) is 17.7 Å². The van der Waals surface area contributed by atoms with Crippen LogP contribution >= 0.6 is 11.8 Å². The molecule has 1 aliphatic heterocycles. The van der Waals surface area contributed by atoms with E-state index in [0.717, 1.165) is 0 Å². The average molecular weight is 742 g/mol. The molecule has 1 aliphatic rings. The molecule has 1 heterocycles. The van der Waals surface area contributed by atoms with E-state index in [9.17, 15) is 28.0 Å². The third-order valence-electron chi connectivity index (χ3n) is 10.1. The number of carbonyl (C=O) groups is 4. The summed E-state index contributed by atoms with van der Waals surface area (Å²) in [5.74, 6) is -2.33. The van der Waals surface area contributed by atoms with Crippen molar-refractivity contribution in [3.63, 3.8) is 0 Å². The van der Waals surface area contributed by atoms with Gasteiger partial charge in [0.2, 0.25) is 23.6 Å². The highest BCUT2D eigenvalue weighted by molar-refractivity contribution is 7.99. The van der Waals surface area contributed by atoms with Crippen molar-refractivity contribution in [3.8, 4) is 0 Å². The molecule has 11 nitrogen and oxygen atoms in total. The van der Waals surface area contributed by atoms with Crippen molar-refractivity contribution >= 4 is 35.4 Å². The van der Waals surface area contributed by atoms with Crippen LogP contribution in [0.5, 0.6) is 0 Å². The third-order valence-corrected chi connectivity index (χ3v) is 11.1. The first-order valence-electron chi connectivity index (χ1n) is 17.9. The Bertz CT molecular complexity index is 1290. The fourth-order valence-corrected chi connectivity index (χ4v) is 8.08. The minimum absolute atomic E-state index is 0.0100. The fourth-order valence-electron chi connectivity index (χ4n) is 6.84. The lowest BCUT2D eigenvalue weighted by atomic mass is 9.89. The normalized spacial score (nSPS) is 18.9. The van der Waals surface area contributed by atoms with E-state index in [1.807, 2.05) is 41.5 Å². The molecule has 0 saturated carbocycles. The molecule has 0 spiro atoms. The largest absolute Gasteiger partial charge is 0.379 e. The van der Waals surface area contributed by atoms with Crippen LogP contribution in [0.15, 0.2) is 18.2 Å². The molecule has 8 atom stereocenters. The SMILES string of the molecule is CC[C@H](C)[C@@H]([C@@H](CC(=O)N1CSC[C@@H]1[C@H](OC)[C@@H](C)C(=O)NCCc1c(F)cccc1F)OC)N(C)C(=O)[C@@H](NC(=O)[C@@H](NC)C(C)C)C(C)C. The Labute approximate surface area is 307 Å². The Balaban J connectivity index is 2.21. The van der Waals surface area contributed by atoms with Crippen LogP contribution in [-0.4, -0.2) is 116 Å². The van der Waals surface area contributed by atoms with Crippen molar-refractivity contribution in [3.05, 3.63) is 35.4 Å². The quantitative estimate of drug-likeness (QED) is 0.184. The summed E-state index contributed by atoms with van der Waals surface area (Å²) >= 11 is 1.55. The first kappa shape index (κ1) is 44.4. The van der Waals surface area contributed by atoms with Gasteiger partial charge >= 0.3 is 0 Å². The number of nitrogens with zero attached hydrogens (tertiary/aromatic N) is 2. The first-order valence-corrected chi connectivity index (χ1v) is 19.1. The summed E-state index contributed by atoms with van der Waals surface area (Å²) in [7, 11) is 6.44. The number of methoxy groups -OCH3 is 2. The molecular formula is C37H61F2N5O6S. The number of nitrogens with one attached hydrogen (secondary N) is 3. The van der Waals surface area contributed by atoms with Gasteiger partial charge in [-0.3, -0.25) is 19.2 Å². The van der Waals surface area contributed by atoms with Crippen molar-refractivity contribution in [1.29, 1.82) is 0 Å². The third kappa shape index (κ3) is 11.6. The molecular weight excluding hydrogens is 680 g/mol. The molecule has 14 heteroatoms. The summed E-state index contributed by atoms with van der Waals surface area (Å²) < 4.78 is 39.9. The molecule has 51 heavy (non-hydrogen) atoms. The minimum Gasteiger partial charge on any atom is -0.379 e. The van der Waals surface area contributed by atoms with E-state index < -0.39 is 53.9 Å². The van der Waals surface area contributed by atoms with Crippen molar-refractivity contribution in [2.24, 2.45) is 23.7 Å². The highest BCUT2D eigenvalue weighted by Gasteiger charge is 2.43. The van der Waals surface area contributed by atoms with Crippen molar-refractivity contribution < 1.29 is 37.4 Å². The van der Waals surface area contributed by atoms with Crippen LogP contribution in [0.2, 0.25) is 0 Å². The summed E-state index contributed by atoms with van der Waals surface area (Å²) in [6.07, 6.45) is -0.609. The zero-order valence-electron chi connectivity index (χ0n) is 32.3. The number of thioether (sulfide) groups is 1. The number of rotatable bonds is 20. The van der Waals surface area contributed by atoms with Gasteiger partial charge in [-0.1, -0.05) is 61.0 Å². The standard InChI is InChI=1S/C37H61F2N5O6S/c1-12-23(6)33(43(9)37(48)32(22(4)5)42-36(47)31(40-8)21(2)3)29(49-10)18-30(45)44-20-51-19-28(44)34(50-11)24(7)35(46)41-17-16-25-26(38)14-13-15-27(25)39/h13-15,21-24,28-29,31-34,40H,12,16-20H2,1-11H3,(H,41,46)(H,42,47)/t23-,24+,28+,29+,31-,32-,33-,34+/m0/s1. The number of halogens is 2. The number of carbonyl (C=O) groups excluding carboxylic acids is 4. The number of likely N-dealkylation sites (N-methyl/N-ethyl adjacent to an activating group) is 2. The zero-order chi connectivity index (χ0) is 38.6. The summed E-state index contributed by atoms with van der Waals surface area (Å²) in [4.78, 5) is 57.8. The molecule has 3 N–H and O–H groups in total. The minimum atomic E-state index is -0.780. The molecule has 0 aliphatic carbocycles. The smallest absolute Gasteiger partial charge is 0.245 e. The van der Waals surface area contributed by atoms with Crippen LogP contribution in [0.4, 0.5) is 8.78 Å². The Kier molecular flexibility index (Phi) is 18.3. The lowest BCUT2D eigenvalue weighted by molar-refractivity contribution is -0.147. The second kappa shape index (κ2) is 21.0. The van der Waals surface area contributed by atoms with Gasteiger partial charge < -0.3 is 35.2 Å². The number of benzene rings is 1. The molecule has 290 valence electrons. The van der Waals surface area contributed by atoms with E-state index >= 15 is 0 Å². The van der Waals surface area contributed by atoms with Gasteiger partial charge in [-0.25, -0.2) is 8.78 Å². The van der Waals surface area contributed by atoms with Crippen molar-refractivity contribution in [2.45, 2.75) is 104 Å². The Morgan fingerprint density at radius 1 is 0.980 bits per heavy atom. The summed E-state index contributed by atoms with van der Waals surface area (Å²) in [5, 5.41) is 8.75. The van der Waals surface area contributed by atoms with Gasteiger partial charge in [-0.15, -0.1) is 11.8 Å². The maximum Gasteiger partial charge on any atom is 0.245 e. The van der Waals surface area contributed by atoms with E-state index in [1.165, 1.54) is 32.4 Å². The predicted molar refractivity (Wildman–Crippen MR) is 197 cm³/mol. The Morgan fingerprint density at radius 2 is 1.59 bits per heavy atom. The maximum absolute atomic E-state index is 14.1. The number of amides is 4. The summed E-state index contributed by atoms with van der Waals surface area (Å²) in [5.41, 5.74) is -0.0912. The highest BCUT2D eigenvalue weighted by Crippen LogP contribution is 2.31. The maximum atomic E-state index is 14.1. The van der Waals surface area contributed by atoms with Crippen LogP contribution in [0.25, 0.3) is 0 Å². The van der Waals surface area contributed by atoms with E-state index in [2.05, 4.69) is 16.0 Å². The average Bonchev–Trinajstić information content (AvgIpc) is 3.57. The lowest BCUT2D eigenvalue weighted by Gasteiger charge is -2.41. The van der Waals surface area contributed by atoms with Crippen LogP contribution in [0.1, 0.15) is 66.9 Å². The molecule has 1 fully saturated rings. The summed E-state index contributed by atoms with van der Waals surface area (Å²) in [6.45, 7) is 13.4. The number of ether oxygens (including phenoxy) is 2. The first-order chi connectivity index (χ1) is 24.0. The molecule has 1 aromatic rings. The van der Waals surface area contributed by atoms with E-state index in [1.54, 1.807) is 42.6 Å². The Morgan fingerprint density at radius 3 is 2.10 bits per heavy atom. The van der Waals surface area contributed by atoms with Gasteiger partial charge in [0.25, 0.3) is 0 Å². The zero-order valence-corrected chi connectivity index (χ0v) is 33.1. The number of hydrogen-bond donors (Lipinski definition) is 3. The second-order valence-electron chi connectivity index (χ2n) is 14.2. The fraction of sp³-hybridized carbons (Fsp3) is 0.730.